The monoisotopic (exact) mass is 125 g/mol. The van der Waals surface area contributed by atoms with E-state index in [2.05, 4.69) is 9.40 Å². The van der Waals surface area contributed by atoms with Gasteiger partial charge in [0.1, 0.15) is 12.0 Å². The Hall–Kier alpha value is -1.45. The number of hydrogen-bond acceptors (Lipinski definition) is 4. The van der Waals surface area contributed by atoms with Crippen molar-refractivity contribution in [1.29, 1.82) is 0 Å². The van der Waals surface area contributed by atoms with Gasteiger partial charge in [0.2, 0.25) is 6.29 Å². The molecule has 1 aromatic rings. The maximum atomic E-state index is 9.90. The number of rotatable bonds is 2. The summed E-state index contributed by atoms with van der Waals surface area (Å²) < 4.78 is 4.49. The van der Waals surface area contributed by atoms with Crippen LogP contribution >= 0.6 is 0 Å². The van der Waals surface area contributed by atoms with Gasteiger partial charge in [0, 0.05) is 0 Å². The van der Waals surface area contributed by atoms with E-state index in [9.17, 15) is 9.59 Å². The fourth-order valence-corrected chi connectivity index (χ4v) is 0.409. The Morgan fingerprint density at radius 2 is 2.22 bits per heavy atom. The van der Waals surface area contributed by atoms with Crippen LogP contribution in [0.4, 0.5) is 0 Å². The Balaban J connectivity index is 2.98. The van der Waals surface area contributed by atoms with E-state index >= 15 is 0 Å². The Bertz CT molecular complexity index is 205. The second kappa shape index (κ2) is 2.21. The van der Waals surface area contributed by atoms with Crippen molar-refractivity contribution in [2.45, 2.75) is 0 Å². The van der Waals surface area contributed by atoms with Gasteiger partial charge in [0.25, 0.3) is 5.89 Å². The van der Waals surface area contributed by atoms with Gasteiger partial charge in [-0.3, -0.25) is 9.59 Å². The summed E-state index contributed by atoms with van der Waals surface area (Å²) in [6.45, 7) is 0. The molecule has 1 rings (SSSR count). The molecule has 0 aromatic carbocycles. The summed E-state index contributed by atoms with van der Waals surface area (Å²) in [4.78, 5) is 23.2. The number of nitrogens with zero attached hydrogens (tertiary/aromatic N) is 1. The average Bonchev–Trinajstić information content (AvgIpc) is 2.34. The van der Waals surface area contributed by atoms with E-state index in [1.807, 2.05) is 0 Å². The first kappa shape index (κ1) is 5.68. The van der Waals surface area contributed by atoms with Gasteiger partial charge >= 0.3 is 0 Å². The lowest BCUT2D eigenvalue weighted by Gasteiger charge is -1.68. The predicted octanol–water partition coefficient (Wildman–Crippen LogP) is 0.300. The van der Waals surface area contributed by atoms with Gasteiger partial charge in [-0.15, -0.1) is 0 Å². The van der Waals surface area contributed by atoms with Crippen LogP contribution in [0.15, 0.2) is 10.7 Å². The van der Waals surface area contributed by atoms with Gasteiger partial charge in [-0.05, 0) is 0 Å². The van der Waals surface area contributed by atoms with E-state index in [0.717, 1.165) is 6.26 Å². The van der Waals surface area contributed by atoms with Crippen molar-refractivity contribution in [3.8, 4) is 0 Å². The molecule has 0 saturated carbocycles. The van der Waals surface area contributed by atoms with Crippen LogP contribution in [-0.4, -0.2) is 17.6 Å². The minimum atomic E-state index is -0.0721. The Morgan fingerprint density at radius 3 is 2.56 bits per heavy atom. The smallest absolute Gasteiger partial charge is 0.260 e. The van der Waals surface area contributed by atoms with Crippen LogP contribution in [0.1, 0.15) is 21.2 Å². The van der Waals surface area contributed by atoms with Gasteiger partial charge < -0.3 is 4.42 Å². The van der Waals surface area contributed by atoms with Crippen molar-refractivity contribution in [3.05, 3.63) is 17.8 Å². The molecule has 0 fully saturated rings. The highest BCUT2D eigenvalue weighted by Crippen LogP contribution is 1.94. The summed E-state index contributed by atoms with van der Waals surface area (Å²) >= 11 is 0. The molecule has 0 saturated heterocycles. The lowest BCUT2D eigenvalue weighted by atomic mass is 10.6. The molecule has 1 heterocycles. The molecule has 0 N–H and O–H groups in total. The average molecular weight is 125 g/mol. The van der Waals surface area contributed by atoms with Crippen LogP contribution in [0.5, 0.6) is 0 Å². The zero-order chi connectivity index (χ0) is 6.69. The van der Waals surface area contributed by atoms with Gasteiger partial charge in [0.05, 0.1) is 0 Å². The van der Waals surface area contributed by atoms with Crippen molar-refractivity contribution >= 4 is 12.6 Å². The van der Waals surface area contributed by atoms with E-state index < -0.39 is 0 Å². The van der Waals surface area contributed by atoms with Gasteiger partial charge in [-0.1, -0.05) is 0 Å². The maximum absolute atomic E-state index is 9.90. The van der Waals surface area contributed by atoms with E-state index in [1.54, 1.807) is 0 Å². The standard InChI is InChI=1S/C5H3NO3/c7-1-4-3-9-5(2-8)6-4/h1-3H. The fourth-order valence-electron chi connectivity index (χ4n) is 0.409. The molecule has 0 spiro atoms. The number of aldehydes is 2. The molecule has 0 aliphatic rings. The number of carbonyl (C=O) groups is 2. The first-order valence-corrected chi connectivity index (χ1v) is 2.22. The zero-order valence-electron chi connectivity index (χ0n) is 4.40. The van der Waals surface area contributed by atoms with Crippen LogP contribution < -0.4 is 0 Å². The lowest BCUT2D eigenvalue weighted by molar-refractivity contribution is 0.109. The van der Waals surface area contributed by atoms with Crippen LogP contribution in [0.3, 0.4) is 0 Å². The van der Waals surface area contributed by atoms with E-state index in [1.165, 1.54) is 0 Å². The second-order valence-corrected chi connectivity index (χ2v) is 1.35. The number of carbonyl (C=O) groups excluding carboxylic acids is 2. The molecule has 0 unspecified atom stereocenters. The molecule has 0 amide bonds. The van der Waals surface area contributed by atoms with Gasteiger partial charge in [-0.25, -0.2) is 4.98 Å². The summed E-state index contributed by atoms with van der Waals surface area (Å²) in [5, 5.41) is 0. The van der Waals surface area contributed by atoms with Crippen molar-refractivity contribution in [1.82, 2.24) is 4.98 Å². The molecule has 46 valence electrons. The Kier molecular flexibility index (Phi) is 1.40. The molecule has 0 aliphatic carbocycles. The predicted molar refractivity (Wildman–Crippen MR) is 27.3 cm³/mol. The first-order chi connectivity index (χ1) is 4.36. The molecule has 4 nitrogen and oxygen atoms in total. The van der Waals surface area contributed by atoms with E-state index in [4.69, 9.17) is 0 Å². The SMILES string of the molecule is O=Cc1coc(C=O)n1. The fraction of sp³-hybridized carbons (Fsp3) is 0. The highest BCUT2D eigenvalue weighted by atomic mass is 16.3. The summed E-state index contributed by atoms with van der Waals surface area (Å²) in [5.41, 5.74) is 0.136. The summed E-state index contributed by atoms with van der Waals surface area (Å²) in [7, 11) is 0. The topological polar surface area (TPSA) is 60.2 Å². The number of oxazole rings is 1. The number of aromatic nitrogens is 1. The zero-order valence-corrected chi connectivity index (χ0v) is 4.40. The maximum Gasteiger partial charge on any atom is 0.260 e. The van der Waals surface area contributed by atoms with Crippen molar-refractivity contribution in [2.24, 2.45) is 0 Å². The minimum Gasteiger partial charge on any atom is -0.442 e. The van der Waals surface area contributed by atoms with Crippen molar-refractivity contribution in [3.63, 3.8) is 0 Å². The van der Waals surface area contributed by atoms with Crippen LogP contribution in [0.2, 0.25) is 0 Å². The largest absolute Gasteiger partial charge is 0.442 e. The molecule has 0 aliphatic heterocycles. The lowest BCUT2D eigenvalue weighted by Crippen LogP contribution is -1.80. The third-order valence-electron chi connectivity index (χ3n) is 0.761. The molecule has 1 aromatic heterocycles. The summed E-state index contributed by atoms with van der Waals surface area (Å²) in [6, 6.07) is 0. The summed E-state index contributed by atoms with van der Waals surface area (Å²) in [6.07, 6.45) is 2.07. The highest BCUT2D eigenvalue weighted by molar-refractivity contribution is 5.74. The summed E-state index contributed by atoms with van der Waals surface area (Å²) in [5.74, 6) is -0.0721. The molecule has 0 atom stereocenters. The van der Waals surface area contributed by atoms with E-state index in [-0.39, 0.29) is 11.6 Å². The molecule has 9 heavy (non-hydrogen) atoms. The van der Waals surface area contributed by atoms with Gasteiger partial charge in [0.15, 0.2) is 6.29 Å². The van der Waals surface area contributed by atoms with Crippen LogP contribution in [-0.2, 0) is 0 Å². The molecular formula is C5H3NO3. The van der Waals surface area contributed by atoms with Crippen molar-refractivity contribution < 1.29 is 14.0 Å². The van der Waals surface area contributed by atoms with Crippen LogP contribution in [0, 0.1) is 0 Å². The molecule has 0 radical (unpaired) electrons. The molecule has 0 bridgehead atoms. The first-order valence-electron chi connectivity index (χ1n) is 2.22. The van der Waals surface area contributed by atoms with E-state index in [0.29, 0.717) is 12.6 Å². The second-order valence-electron chi connectivity index (χ2n) is 1.35. The molecule has 4 heteroatoms. The normalized spacial score (nSPS) is 8.89. The number of hydrogen-bond donors (Lipinski definition) is 0. The minimum absolute atomic E-state index is 0.0721. The van der Waals surface area contributed by atoms with Gasteiger partial charge in [-0.2, -0.15) is 0 Å². The Labute approximate surface area is 50.5 Å². The Morgan fingerprint density at radius 1 is 1.44 bits per heavy atom. The third-order valence-corrected chi connectivity index (χ3v) is 0.761. The molecular weight excluding hydrogens is 122 g/mol. The third kappa shape index (κ3) is 1.02. The quantitative estimate of drug-likeness (QED) is 0.533. The van der Waals surface area contributed by atoms with Crippen molar-refractivity contribution in [2.75, 3.05) is 0 Å². The highest BCUT2D eigenvalue weighted by Gasteiger charge is 1.98. The van der Waals surface area contributed by atoms with Crippen LogP contribution in [0.25, 0.3) is 0 Å².